The zero-order valence-electron chi connectivity index (χ0n) is 13.2. The summed E-state index contributed by atoms with van der Waals surface area (Å²) in [6.07, 6.45) is 3.34. The Kier molecular flexibility index (Phi) is 7.08. The predicted molar refractivity (Wildman–Crippen MR) is 78.7 cm³/mol. The fourth-order valence-corrected chi connectivity index (χ4v) is 1.69. The summed E-state index contributed by atoms with van der Waals surface area (Å²) in [6, 6.07) is 0. The van der Waals surface area contributed by atoms with Gasteiger partial charge in [0.2, 0.25) is 0 Å². The molecule has 0 heterocycles. The Balaban J connectivity index is 4.38. The van der Waals surface area contributed by atoms with Crippen LogP contribution in [0.25, 0.3) is 0 Å². The Morgan fingerprint density at radius 1 is 1.00 bits per heavy atom. The molecule has 0 amide bonds. The summed E-state index contributed by atoms with van der Waals surface area (Å²) < 4.78 is 0. The Bertz CT molecular complexity index is 248. The SMILES string of the molecule is CC(C)(C)C(=O)CN(CCCCCN)C(C)(C)C. The Morgan fingerprint density at radius 2 is 1.56 bits per heavy atom. The Labute approximate surface area is 113 Å². The van der Waals surface area contributed by atoms with Crippen LogP contribution in [0.3, 0.4) is 0 Å². The zero-order valence-corrected chi connectivity index (χ0v) is 13.2. The van der Waals surface area contributed by atoms with E-state index in [2.05, 4.69) is 25.7 Å². The van der Waals surface area contributed by atoms with Crippen molar-refractivity contribution in [3.63, 3.8) is 0 Å². The molecule has 3 nitrogen and oxygen atoms in total. The molecule has 0 saturated heterocycles. The normalized spacial score (nSPS) is 13.1. The van der Waals surface area contributed by atoms with E-state index in [1.54, 1.807) is 0 Å². The molecule has 108 valence electrons. The first kappa shape index (κ1) is 17.6. The highest BCUT2D eigenvalue weighted by Gasteiger charge is 2.28. The summed E-state index contributed by atoms with van der Waals surface area (Å²) in [7, 11) is 0. The number of Topliss-reactive ketones (excluding diaryl/α,β-unsaturated/α-hetero) is 1. The summed E-state index contributed by atoms with van der Waals surface area (Å²) in [5.41, 5.74) is 5.30. The van der Waals surface area contributed by atoms with Gasteiger partial charge in [-0.3, -0.25) is 9.69 Å². The minimum Gasteiger partial charge on any atom is -0.330 e. The highest BCUT2D eigenvalue weighted by atomic mass is 16.1. The lowest BCUT2D eigenvalue weighted by molar-refractivity contribution is -0.128. The third-order valence-corrected chi connectivity index (χ3v) is 3.25. The number of ketones is 1. The smallest absolute Gasteiger partial charge is 0.152 e. The van der Waals surface area contributed by atoms with Crippen LogP contribution in [0.15, 0.2) is 0 Å². The van der Waals surface area contributed by atoms with E-state index < -0.39 is 0 Å². The minimum absolute atomic E-state index is 0.0453. The second-order valence-electron chi connectivity index (χ2n) is 7.11. The molecule has 0 radical (unpaired) electrons. The molecule has 0 aliphatic rings. The van der Waals surface area contributed by atoms with Crippen LogP contribution in [0, 0.1) is 5.41 Å². The van der Waals surface area contributed by atoms with Gasteiger partial charge in [0.25, 0.3) is 0 Å². The van der Waals surface area contributed by atoms with Crippen LogP contribution in [0.2, 0.25) is 0 Å². The molecule has 0 unspecified atom stereocenters. The quantitative estimate of drug-likeness (QED) is 0.712. The van der Waals surface area contributed by atoms with Crippen LogP contribution in [0.5, 0.6) is 0 Å². The van der Waals surface area contributed by atoms with Gasteiger partial charge < -0.3 is 5.73 Å². The average Bonchev–Trinajstić information content (AvgIpc) is 2.19. The van der Waals surface area contributed by atoms with Gasteiger partial charge in [0.1, 0.15) is 0 Å². The van der Waals surface area contributed by atoms with Crippen molar-refractivity contribution in [2.75, 3.05) is 19.6 Å². The molecular formula is C15H32N2O. The molecule has 2 N–H and O–H groups in total. The van der Waals surface area contributed by atoms with E-state index in [0.29, 0.717) is 12.3 Å². The largest absolute Gasteiger partial charge is 0.330 e. The summed E-state index contributed by atoms with van der Waals surface area (Å²) in [5.74, 6) is 0.316. The molecule has 0 aromatic carbocycles. The van der Waals surface area contributed by atoms with Gasteiger partial charge in [-0.25, -0.2) is 0 Å². The first-order chi connectivity index (χ1) is 8.09. The maximum absolute atomic E-state index is 12.1. The van der Waals surface area contributed by atoms with Crippen LogP contribution in [0.1, 0.15) is 60.8 Å². The number of rotatable bonds is 7. The maximum atomic E-state index is 12.1. The van der Waals surface area contributed by atoms with Crippen LogP contribution in [-0.2, 0) is 4.79 Å². The van der Waals surface area contributed by atoms with Crippen LogP contribution >= 0.6 is 0 Å². The summed E-state index contributed by atoms with van der Waals surface area (Å²) in [6.45, 7) is 14.8. The molecule has 3 heteroatoms. The second-order valence-corrected chi connectivity index (χ2v) is 7.11. The maximum Gasteiger partial charge on any atom is 0.152 e. The second kappa shape index (κ2) is 7.25. The van der Waals surface area contributed by atoms with Crippen LogP contribution < -0.4 is 5.73 Å². The Hall–Kier alpha value is -0.410. The van der Waals surface area contributed by atoms with Crippen molar-refractivity contribution in [1.82, 2.24) is 4.90 Å². The van der Waals surface area contributed by atoms with Crippen molar-refractivity contribution < 1.29 is 4.79 Å². The monoisotopic (exact) mass is 256 g/mol. The number of unbranched alkanes of at least 4 members (excludes halogenated alkanes) is 2. The molecule has 0 saturated carbocycles. The average molecular weight is 256 g/mol. The molecule has 0 aliphatic carbocycles. The first-order valence-corrected chi connectivity index (χ1v) is 7.07. The molecule has 0 aromatic rings. The van der Waals surface area contributed by atoms with Gasteiger partial charge >= 0.3 is 0 Å². The highest BCUT2D eigenvalue weighted by molar-refractivity contribution is 5.85. The van der Waals surface area contributed by atoms with E-state index >= 15 is 0 Å². The van der Waals surface area contributed by atoms with Gasteiger partial charge in [-0.05, 0) is 46.7 Å². The standard InChI is InChI=1S/C15H32N2O/c1-14(2,3)13(18)12-17(15(4,5)6)11-9-7-8-10-16/h7-12,16H2,1-6H3. The van der Waals surface area contributed by atoms with Crippen molar-refractivity contribution in [2.24, 2.45) is 11.1 Å². The molecule has 0 aromatic heterocycles. The lowest BCUT2D eigenvalue weighted by Crippen LogP contribution is -2.47. The van der Waals surface area contributed by atoms with E-state index in [0.717, 1.165) is 32.4 Å². The number of carbonyl (C=O) groups excluding carboxylic acids is 1. The van der Waals surface area contributed by atoms with Crippen molar-refractivity contribution in [3.05, 3.63) is 0 Å². The molecule has 0 rings (SSSR count). The fourth-order valence-electron chi connectivity index (χ4n) is 1.69. The van der Waals surface area contributed by atoms with E-state index in [1.165, 1.54) is 0 Å². The van der Waals surface area contributed by atoms with Crippen LogP contribution in [0.4, 0.5) is 0 Å². The number of hydrogen-bond donors (Lipinski definition) is 1. The van der Waals surface area contributed by atoms with Crippen molar-refractivity contribution >= 4 is 5.78 Å². The molecule has 18 heavy (non-hydrogen) atoms. The van der Waals surface area contributed by atoms with Gasteiger partial charge in [0.15, 0.2) is 5.78 Å². The molecule has 0 bridgehead atoms. The lowest BCUT2D eigenvalue weighted by Gasteiger charge is -2.36. The predicted octanol–water partition coefficient (Wildman–Crippen LogP) is 2.83. The third kappa shape index (κ3) is 7.12. The minimum atomic E-state index is -0.249. The summed E-state index contributed by atoms with van der Waals surface area (Å²) in [4.78, 5) is 14.4. The van der Waals surface area contributed by atoms with E-state index in [-0.39, 0.29) is 11.0 Å². The van der Waals surface area contributed by atoms with Gasteiger partial charge in [0, 0.05) is 11.0 Å². The third-order valence-electron chi connectivity index (χ3n) is 3.25. The number of carbonyl (C=O) groups is 1. The molecule has 0 fully saturated rings. The van der Waals surface area contributed by atoms with E-state index in [1.807, 2.05) is 20.8 Å². The van der Waals surface area contributed by atoms with E-state index in [4.69, 9.17) is 5.73 Å². The van der Waals surface area contributed by atoms with Crippen LogP contribution in [-0.4, -0.2) is 35.9 Å². The van der Waals surface area contributed by atoms with Crippen molar-refractivity contribution in [3.8, 4) is 0 Å². The Morgan fingerprint density at radius 3 is 1.94 bits per heavy atom. The number of hydrogen-bond acceptors (Lipinski definition) is 3. The molecule has 0 aliphatic heterocycles. The summed E-state index contributed by atoms with van der Waals surface area (Å²) >= 11 is 0. The molecular weight excluding hydrogens is 224 g/mol. The highest BCUT2D eigenvalue weighted by Crippen LogP contribution is 2.20. The lowest BCUT2D eigenvalue weighted by atomic mass is 9.89. The molecule has 0 atom stereocenters. The topological polar surface area (TPSA) is 46.3 Å². The first-order valence-electron chi connectivity index (χ1n) is 7.07. The van der Waals surface area contributed by atoms with Crippen molar-refractivity contribution in [1.29, 1.82) is 0 Å². The number of nitrogens with two attached hydrogens (primary N) is 1. The van der Waals surface area contributed by atoms with Gasteiger partial charge in [-0.1, -0.05) is 27.2 Å². The van der Waals surface area contributed by atoms with Gasteiger partial charge in [0.05, 0.1) is 6.54 Å². The zero-order chi connectivity index (χ0) is 14.4. The van der Waals surface area contributed by atoms with Gasteiger partial charge in [-0.15, -0.1) is 0 Å². The molecule has 0 spiro atoms. The van der Waals surface area contributed by atoms with Gasteiger partial charge in [-0.2, -0.15) is 0 Å². The number of nitrogens with zero attached hydrogens (tertiary/aromatic N) is 1. The fraction of sp³-hybridized carbons (Fsp3) is 0.933. The van der Waals surface area contributed by atoms with E-state index in [9.17, 15) is 4.79 Å². The summed E-state index contributed by atoms with van der Waals surface area (Å²) in [5, 5.41) is 0. The van der Waals surface area contributed by atoms with Crippen molar-refractivity contribution in [2.45, 2.75) is 66.3 Å².